The lowest BCUT2D eigenvalue weighted by Gasteiger charge is -2.33. The number of benzene rings is 2. The lowest BCUT2D eigenvalue weighted by molar-refractivity contribution is -0.140. The maximum atomic E-state index is 13.6. The summed E-state index contributed by atoms with van der Waals surface area (Å²) < 4.78 is 26.1. The van der Waals surface area contributed by atoms with Crippen LogP contribution in [0.2, 0.25) is 15.1 Å². The fraction of sp³-hybridized carbons (Fsp3) is 0.391. The van der Waals surface area contributed by atoms with Crippen molar-refractivity contribution in [1.29, 1.82) is 0 Å². The zero-order valence-electron chi connectivity index (χ0n) is 19.2. The van der Waals surface area contributed by atoms with E-state index in [1.54, 1.807) is 43.3 Å². The molecule has 0 bridgehead atoms. The van der Waals surface area contributed by atoms with Gasteiger partial charge in [-0.05, 0) is 43.2 Å². The van der Waals surface area contributed by atoms with Gasteiger partial charge in [0.05, 0.1) is 11.9 Å². The van der Waals surface area contributed by atoms with E-state index in [1.165, 1.54) is 11.0 Å². The van der Waals surface area contributed by atoms with Crippen LogP contribution in [0.25, 0.3) is 0 Å². The van der Waals surface area contributed by atoms with E-state index in [1.807, 2.05) is 6.92 Å². The highest BCUT2D eigenvalue weighted by Gasteiger charge is 2.32. The number of amides is 2. The minimum absolute atomic E-state index is 0.0669. The highest BCUT2D eigenvalue weighted by Crippen LogP contribution is 2.28. The summed E-state index contributed by atoms with van der Waals surface area (Å²) in [5, 5.41) is 3.81. The van der Waals surface area contributed by atoms with Crippen LogP contribution >= 0.6 is 34.8 Å². The number of halogens is 3. The quantitative estimate of drug-likeness (QED) is 0.439. The zero-order chi connectivity index (χ0) is 25.5. The first-order chi connectivity index (χ1) is 16.0. The van der Waals surface area contributed by atoms with Crippen LogP contribution in [-0.4, -0.2) is 50.5 Å². The van der Waals surface area contributed by atoms with E-state index in [-0.39, 0.29) is 18.1 Å². The summed E-state index contributed by atoms with van der Waals surface area (Å²) in [7, 11) is -3.84. The molecule has 1 atom stereocenters. The lowest BCUT2D eigenvalue weighted by atomic mass is 10.1. The SMILES string of the molecule is CCCNC(=O)[C@@H](CC)N(Cc1c(Cl)cccc1Cl)C(=O)CN(c1cccc(Cl)c1)S(C)(=O)=O. The van der Waals surface area contributed by atoms with Gasteiger partial charge in [-0.25, -0.2) is 8.42 Å². The predicted molar refractivity (Wildman–Crippen MR) is 138 cm³/mol. The molecule has 34 heavy (non-hydrogen) atoms. The molecule has 0 saturated carbocycles. The second kappa shape index (κ2) is 12.6. The summed E-state index contributed by atoms with van der Waals surface area (Å²) in [6.45, 7) is 3.54. The van der Waals surface area contributed by atoms with Crippen LogP contribution < -0.4 is 9.62 Å². The molecule has 0 aliphatic rings. The lowest BCUT2D eigenvalue weighted by Crippen LogP contribution is -2.52. The van der Waals surface area contributed by atoms with Crippen LogP contribution in [0.4, 0.5) is 5.69 Å². The van der Waals surface area contributed by atoms with Gasteiger partial charge in [0, 0.05) is 33.7 Å². The Hall–Kier alpha value is -2.00. The predicted octanol–water partition coefficient (Wildman–Crippen LogP) is 4.75. The van der Waals surface area contributed by atoms with E-state index >= 15 is 0 Å². The number of hydrogen-bond donors (Lipinski definition) is 1. The van der Waals surface area contributed by atoms with Crippen molar-refractivity contribution in [3.8, 4) is 0 Å². The van der Waals surface area contributed by atoms with E-state index < -0.39 is 28.5 Å². The molecule has 0 aliphatic heterocycles. The molecule has 0 fully saturated rings. The second-order valence-electron chi connectivity index (χ2n) is 7.69. The first kappa shape index (κ1) is 28.2. The van der Waals surface area contributed by atoms with E-state index in [0.29, 0.717) is 33.6 Å². The molecule has 0 radical (unpaired) electrons. The highest BCUT2D eigenvalue weighted by atomic mass is 35.5. The number of hydrogen-bond acceptors (Lipinski definition) is 4. The van der Waals surface area contributed by atoms with Gasteiger partial charge < -0.3 is 10.2 Å². The standard InChI is InChI=1S/C23H28Cl3N3O4S/c1-4-12-27-23(31)21(5-2)28(14-18-19(25)10-7-11-20(18)26)22(30)15-29(34(3,32)33)17-9-6-8-16(24)13-17/h6-11,13,21H,4-5,12,14-15H2,1-3H3,(H,27,31)/t21-/m1/s1. The average Bonchev–Trinajstić information content (AvgIpc) is 2.76. The number of nitrogens with one attached hydrogen (secondary N) is 1. The highest BCUT2D eigenvalue weighted by molar-refractivity contribution is 7.92. The molecule has 1 N–H and O–H groups in total. The van der Waals surface area contributed by atoms with Crippen molar-refractivity contribution in [2.24, 2.45) is 0 Å². The monoisotopic (exact) mass is 547 g/mol. The molecule has 2 rings (SSSR count). The van der Waals surface area contributed by atoms with Crippen molar-refractivity contribution in [3.05, 3.63) is 63.1 Å². The van der Waals surface area contributed by atoms with E-state index in [4.69, 9.17) is 34.8 Å². The molecule has 2 amide bonds. The molecule has 0 unspecified atom stereocenters. The Morgan fingerprint density at radius 2 is 1.65 bits per heavy atom. The van der Waals surface area contributed by atoms with Gasteiger partial charge in [0.2, 0.25) is 21.8 Å². The van der Waals surface area contributed by atoms with Gasteiger partial charge in [-0.3, -0.25) is 13.9 Å². The molecule has 0 aliphatic carbocycles. The minimum atomic E-state index is -3.84. The Bertz CT molecular complexity index is 1110. The van der Waals surface area contributed by atoms with Crippen LogP contribution in [0.1, 0.15) is 32.3 Å². The fourth-order valence-electron chi connectivity index (χ4n) is 3.38. The van der Waals surface area contributed by atoms with Crippen molar-refractivity contribution in [1.82, 2.24) is 10.2 Å². The number of nitrogens with zero attached hydrogens (tertiary/aromatic N) is 2. The van der Waals surface area contributed by atoms with Crippen molar-refractivity contribution in [3.63, 3.8) is 0 Å². The number of carbonyl (C=O) groups excluding carboxylic acids is 2. The molecule has 7 nitrogen and oxygen atoms in total. The third kappa shape index (κ3) is 7.50. The topological polar surface area (TPSA) is 86.8 Å². The minimum Gasteiger partial charge on any atom is -0.354 e. The fourth-order valence-corrected chi connectivity index (χ4v) is 4.93. The number of carbonyl (C=O) groups is 2. The Labute approximate surface area is 216 Å². The average molecular weight is 549 g/mol. The van der Waals surface area contributed by atoms with Gasteiger partial charge >= 0.3 is 0 Å². The molecule has 0 heterocycles. The Morgan fingerprint density at radius 3 is 2.18 bits per heavy atom. The van der Waals surface area contributed by atoms with E-state index in [0.717, 1.165) is 17.0 Å². The Kier molecular flexibility index (Phi) is 10.5. The summed E-state index contributed by atoms with van der Waals surface area (Å²) in [6, 6.07) is 10.3. The molecule has 186 valence electrons. The third-order valence-electron chi connectivity index (χ3n) is 5.10. The Balaban J connectivity index is 2.48. The first-order valence-corrected chi connectivity index (χ1v) is 13.7. The molecule has 2 aromatic rings. The summed E-state index contributed by atoms with van der Waals surface area (Å²) in [4.78, 5) is 27.8. The molecule has 0 spiro atoms. The Morgan fingerprint density at radius 1 is 1.03 bits per heavy atom. The number of anilines is 1. The van der Waals surface area contributed by atoms with Gasteiger partial charge in [0.15, 0.2) is 0 Å². The largest absolute Gasteiger partial charge is 0.354 e. The van der Waals surface area contributed by atoms with Crippen LogP contribution in [-0.2, 0) is 26.2 Å². The van der Waals surface area contributed by atoms with Crippen molar-refractivity contribution in [2.45, 2.75) is 39.3 Å². The van der Waals surface area contributed by atoms with Gasteiger partial charge in [-0.1, -0.05) is 60.8 Å². The van der Waals surface area contributed by atoms with Gasteiger partial charge in [-0.2, -0.15) is 0 Å². The van der Waals surface area contributed by atoms with Gasteiger partial charge in [-0.15, -0.1) is 0 Å². The van der Waals surface area contributed by atoms with Crippen molar-refractivity contribution >= 4 is 62.3 Å². The second-order valence-corrected chi connectivity index (χ2v) is 10.8. The smallest absolute Gasteiger partial charge is 0.244 e. The van der Waals surface area contributed by atoms with Crippen LogP contribution in [0.3, 0.4) is 0 Å². The third-order valence-corrected chi connectivity index (χ3v) is 7.18. The maximum Gasteiger partial charge on any atom is 0.244 e. The van der Waals surface area contributed by atoms with Gasteiger partial charge in [0.1, 0.15) is 12.6 Å². The molecular weight excluding hydrogens is 521 g/mol. The number of rotatable bonds is 11. The molecule has 0 saturated heterocycles. The maximum absolute atomic E-state index is 13.6. The van der Waals surface area contributed by atoms with Crippen LogP contribution in [0, 0.1) is 0 Å². The summed E-state index contributed by atoms with van der Waals surface area (Å²) in [5.74, 6) is -0.922. The molecular formula is C23H28Cl3N3O4S. The van der Waals surface area contributed by atoms with Crippen LogP contribution in [0.15, 0.2) is 42.5 Å². The van der Waals surface area contributed by atoms with E-state index in [2.05, 4.69) is 5.32 Å². The van der Waals surface area contributed by atoms with Crippen molar-refractivity contribution in [2.75, 3.05) is 23.7 Å². The first-order valence-electron chi connectivity index (χ1n) is 10.7. The van der Waals surface area contributed by atoms with Crippen molar-refractivity contribution < 1.29 is 18.0 Å². The van der Waals surface area contributed by atoms with Crippen LogP contribution in [0.5, 0.6) is 0 Å². The summed E-state index contributed by atoms with van der Waals surface area (Å²) >= 11 is 18.7. The number of sulfonamides is 1. The molecule has 2 aromatic carbocycles. The zero-order valence-corrected chi connectivity index (χ0v) is 22.3. The summed E-state index contributed by atoms with van der Waals surface area (Å²) in [5.41, 5.74) is 0.706. The normalized spacial score (nSPS) is 12.2. The van der Waals surface area contributed by atoms with E-state index in [9.17, 15) is 18.0 Å². The van der Waals surface area contributed by atoms with Gasteiger partial charge in [0.25, 0.3) is 0 Å². The molecule has 0 aromatic heterocycles. The molecule has 11 heteroatoms. The summed E-state index contributed by atoms with van der Waals surface area (Å²) in [6.07, 6.45) is 2.03.